The van der Waals surface area contributed by atoms with Crippen molar-refractivity contribution in [3.8, 4) is 0 Å². The molecule has 0 bridgehead atoms. The molecule has 1 aliphatic rings. The zero-order valence-corrected chi connectivity index (χ0v) is 21.3. The van der Waals surface area contributed by atoms with Crippen molar-refractivity contribution < 1.29 is 19.1 Å². The second-order valence-corrected chi connectivity index (χ2v) is 10.7. The van der Waals surface area contributed by atoms with Crippen molar-refractivity contribution in [1.29, 1.82) is 0 Å². The molecule has 4 atom stereocenters. The van der Waals surface area contributed by atoms with Gasteiger partial charge in [0, 0.05) is 10.9 Å². The summed E-state index contributed by atoms with van der Waals surface area (Å²) >= 11 is 6.09. The van der Waals surface area contributed by atoms with Gasteiger partial charge >= 0.3 is 12.1 Å². The predicted molar refractivity (Wildman–Crippen MR) is 135 cm³/mol. The van der Waals surface area contributed by atoms with Crippen molar-refractivity contribution in [2.45, 2.75) is 77.5 Å². The molecular weight excluding hydrogens is 450 g/mol. The van der Waals surface area contributed by atoms with Crippen LogP contribution in [-0.4, -0.2) is 29.8 Å². The lowest BCUT2D eigenvalue weighted by atomic mass is 9.77. The minimum absolute atomic E-state index is 0.141. The van der Waals surface area contributed by atoms with E-state index < -0.39 is 23.7 Å². The summed E-state index contributed by atoms with van der Waals surface area (Å²) in [5.74, 6) is 0.0512. The minimum Gasteiger partial charge on any atom is -0.461 e. The molecule has 1 fully saturated rings. The van der Waals surface area contributed by atoms with Crippen molar-refractivity contribution in [3.05, 3.63) is 70.7 Å². The van der Waals surface area contributed by atoms with Crippen LogP contribution < -0.4 is 5.32 Å². The van der Waals surface area contributed by atoms with Crippen molar-refractivity contribution >= 4 is 23.7 Å². The molecule has 5 nitrogen and oxygen atoms in total. The fourth-order valence-corrected chi connectivity index (χ4v) is 4.75. The molecule has 3 rings (SSSR count). The van der Waals surface area contributed by atoms with Gasteiger partial charge < -0.3 is 14.8 Å². The third kappa shape index (κ3) is 8.05. The molecular formula is C28H36ClNO4. The quantitative estimate of drug-likeness (QED) is 0.500. The van der Waals surface area contributed by atoms with Crippen LogP contribution in [-0.2, 0) is 27.1 Å². The van der Waals surface area contributed by atoms with E-state index in [1.165, 1.54) is 11.1 Å². The Morgan fingerprint density at radius 2 is 1.68 bits per heavy atom. The van der Waals surface area contributed by atoms with Gasteiger partial charge in [0.1, 0.15) is 17.7 Å². The number of hydrogen-bond donors (Lipinski definition) is 1. The first-order valence-corrected chi connectivity index (χ1v) is 12.5. The van der Waals surface area contributed by atoms with E-state index in [0.717, 1.165) is 30.7 Å². The van der Waals surface area contributed by atoms with Gasteiger partial charge in [0.05, 0.1) is 0 Å². The lowest BCUT2D eigenvalue weighted by molar-refractivity contribution is -0.154. The molecule has 1 saturated heterocycles. The second-order valence-electron chi connectivity index (χ2n) is 10.2. The van der Waals surface area contributed by atoms with Crippen LogP contribution in [0.4, 0.5) is 4.79 Å². The number of carbonyl (C=O) groups excluding carboxylic acids is 2. The molecule has 4 unspecified atom stereocenters. The van der Waals surface area contributed by atoms with E-state index in [2.05, 4.69) is 29.6 Å². The number of esters is 1. The maximum Gasteiger partial charge on any atom is 0.408 e. The summed E-state index contributed by atoms with van der Waals surface area (Å²) in [4.78, 5) is 25.3. The number of alkyl carbamates (subject to hydrolysis) is 1. The molecule has 0 aliphatic carbocycles. The average Bonchev–Trinajstić information content (AvgIpc) is 2.80. The average molecular weight is 486 g/mol. The topological polar surface area (TPSA) is 64.6 Å². The number of hydrogen-bond acceptors (Lipinski definition) is 4. The third-order valence-corrected chi connectivity index (χ3v) is 6.53. The Morgan fingerprint density at radius 3 is 2.32 bits per heavy atom. The monoisotopic (exact) mass is 485 g/mol. The summed E-state index contributed by atoms with van der Waals surface area (Å²) in [6.07, 6.45) is 3.03. The molecule has 34 heavy (non-hydrogen) atoms. The van der Waals surface area contributed by atoms with E-state index >= 15 is 0 Å². The molecule has 2 aromatic rings. The lowest BCUT2D eigenvalue weighted by Gasteiger charge is -2.31. The fourth-order valence-electron chi connectivity index (χ4n) is 4.63. The zero-order valence-electron chi connectivity index (χ0n) is 20.6. The summed E-state index contributed by atoms with van der Waals surface area (Å²) in [6, 6.07) is 17.6. The van der Waals surface area contributed by atoms with Gasteiger partial charge in [-0.25, -0.2) is 9.59 Å². The summed E-state index contributed by atoms with van der Waals surface area (Å²) in [5.41, 5.74) is 1.80. The van der Waals surface area contributed by atoms with Crippen LogP contribution >= 0.6 is 11.6 Å². The van der Waals surface area contributed by atoms with Gasteiger partial charge in [-0.05, 0) is 82.6 Å². The van der Waals surface area contributed by atoms with Crippen molar-refractivity contribution in [3.63, 3.8) is 0 Å². The van der Waals surface area contributed by atoms with Crippen molar-refractivity contribution in [1.82, 2.24) is 5.32 Å². The van der Waals surface area contributed by atoms with Crippen LogP contribution in [0.1, 0.15) is 58.1 Å². The number of nitrogens with one attached hydrogen (secondary N) is 1. The molecule has 0 radical (unpaired) electrons. The fraction of sp³-hybridized carbons (Fsp3) is 0.500. The first kappa shape index (κ1) is 26.1. The van der Waals surface area contributed by atoms with Crippen LogP contribution in [0.15, 0.2) is 54.6 Å². The SMILES string of the molecule is CC1OC(=O)C(NC(=O)OC(C)(C)C)CCCC(Cc2ccc(Cl)cc2)C1Cc1ccccc1. The molecule has 0 aromatic heterocycles. The molecule has 1 amide bonds. The summed E-state index contributed by atoms with van der Waals surface area (Å²) in [7, 11) is 0. The molecule has 6 heteroatoms. The zero-order chi connectivity index (χ0) is 24.7. The van der Waals surface area contributed by atoms with Gasteiger partial charge in [-0.2, -0.15) is 0 Å². The normalized spacial score (nSPS) is 23.7. The Bertz CT molecular complexity index is 939. The van der Waals surface area contributed by atoms with Crippen LogP contribution in [0.25, 0.3) is 0 Å². The number of ether oxygens (including phenoxy) is 2. The number of cyclic esters (lactones) is 1. The van der Waals surface area contributed by atoms with Crippen LogP contribution in [0.3, 0.4) is 0 Å². The Kier molecular flexibility index (Phi) is 9.01. The van der Waals surface area contributed by atoms with Gasteiger partial charge in [0.15, 0.2) is 0 Å². The van der Waals surface area contributed by atoms with E-state index in [-0.39, 0.29) is 12.0 Å². The standard InChI is InChI=1S/C28H36ClNO4/c1-19-24(18-20-9-6-5-7-10-20)22(17-21-13-15-23(29)16-14-21)11-8-12-25(26(31)33-19)30-27(32)34-28(2,3)4/h5-7,9-10,13-16,19,22,24-25H,8,11-12,17-18H2,1-4H3,(H,30,32). The highest BCUT2D eigenvalue weighted by Crippen LogP contribution is 2.32. The van der Waals surface area contributed by atoms with Crippen LogP contribution in [0.2, 0.25) is 5.02 Å². The number of carbonyl (C=O) groups is 2. The van der Waals surface area contributed by atoms with E-state index in [1.54, 1.807) is 20.8 Å². The van der Waals surface area contributed by atoms with Gasteiger partial charge in [-0.3, -0.25) is 0 Å². The maximum atomic E-state index is 13.0. The van der Waals surface area contributed by atoms with Crippen molar-refractivity contribution in [2.24, 2.45) is 11.8 Å². The number of benzene rings is 2. The Morgan fingerprint density at radius 1 is 1.03 bits per heavy atom. The number of rotatable bonds is 5. The molecule has 184 valence electrons. The Balaban J connectivity index is 1.80. The highest BCUT2D eigenvalue weighted by molar-refractivity contribution is 6.30. The number of halogens is 1. The molecule has 0 saturated carbocycles. The Labute approximate surface area is 208 Å². The van der Waals surface area contributed by atoms with E-state index in [9.17, 15) is 9.59 Å². The molecule has 1 aliphatic heterocycles. The summed E-state index contributed by atoms with van der Waals surface area (Å²) < 4.78 is 11.3. The van der Waals surface area contributed by atoms with Crippen LogP contribution in [0, 0.1) is 11.8 Å². The minimum atomic E-state index is -0.719. The van der Waals surface area contributed by atoms with E-state index in [4.69, 9.17) is 21.1 Å². The van der Waals surface area contributed by atoms with Gasteiger partial charge in [-0.15, -0.1) is 0 Å². The first-order valence-electron chi connectivity index (χ1n) is 12.1. The Hall–Kier alpha value is -2.53. The second kappa shape index (κ2) is 11.7. The van der Waals surface area contributed by atoms with Crippen molar-refractivity contribution in [2.75, 3.05) is 0 Å². The highest BCUT2D eigenvalue weighted by atomic mass is 35.5. The van der Waals surface area contributed by atoms with E-state index in [0.29, 0.717) is 12.3 Å². The summed E-state index contributed by atoms with van der Waals surface area (Å²) in [5, 5.41) is 3.45. The largest absolute Gasteiger partial charge is 0.461 e. The lowest BCUT2D eigenvalue weighted by Crippen LogP contribution is -2.45. The molecule has 1 heterocycles. The third-order valence-electron chi connectivity index (χ3n) is 6.28. The predicted octanol–water partition coefficient (Wildman–Crippen LogP) is 6.37. The maximum absolute atomic E-state index is 13.0. The smallest absolute Gasteiger partial charge is 0.408 e. The molecule has 2 aromatic carbocycles. The number of amides is 1. The van der Waals surface area contributed by atoms with Crippen LogP contribution in [0.5, 0.6) is 0 Å². The van der Waals surface area contributed by atoms with Gasteiger partial charge in [0.2, 0.25) is 0 Å². The first-order chi connectivity index (χ1) is 16.1. The van der Waals surface area contributed by atoms with E-state index in [1.807, 2.05) is 37.3 Å². The molecule has 1 N–H and O–H groups in total. The highest BCUT2D eigenvalue weighted by Gasteiger charge is 2.35. The van der Waals surface area contributed by atoms with Gasteiger partial charge in [-0.1, -0.05) is 60.5 Å². The van der Waals surface area contributed by atoms with Gasteiger partial charge in [0.25, 0.3) is 0 Å². The summed E-state index contributed by atoms with van der Waals surface area (Å²) in [6.45, 7) is 7.36. The molecule has 0 spiro atoms.